The number of hydrogen-bond acceptors (Lipinski definition) is 4. The number of amides is 1. The van der Waals surface area contributed by atoms with Crippen molar-refractivity contribution in [1.29, 1.82) is 0 Å². The molecule has 0 saturated heterocycles. The zero-order valence-corrected chi connectivity index (χ0v) is 21.0. The van der Waals surface area contributed by atoms with Gasteiger partial charge in [0.05, 0.1) is 0 Å². The van der Waals surface area contributed by atoms with Crippen molar-refractivity contribution >= 4 is 12.1 Å². The Kier molecular flexibility index (Phi) is 11.2. The molecule has 0 radical (unpaired) electrons. The quantitative estimate of drug-likeness (QED) is 0.562. The first kappa shape index (κ1) is 27.2. The number of hydrogen-bond donors (Lipinski definition) is 2. The number of carbonyl (C=O) groups is 2. The van der Waals surface area contributed by atoms with Crippen molar-refractivity contribution in [2.24, 2.45) is 0 Å². The largest absolute Gasteiger partial charge is 0.480 e. The van der Waals surface area contributed by atoms with E-state index in [4.69, 9.17) is 4.74 Å². The fourth-order valence-electron chi connectivity index (χ4n) is 4.56. The van der Waals surface area contributed by atoms with Crippen LogP contribution in [0, 0.1) is 0 Å². The number of aliphatic carboxylic acids is 1. The van der Waals surface area contributed by atoms with Crippen LogP contribution < -0.4 is 5.32 Å². The maximum atomic E-state index is 11.9. The van der Waals surface area contributed by atoms with Gasteiger partial charge in [-0.2, -0.15) is 0 Å². The lowest BCUT2D eigenvalue weighted by atomic mass is 9.91. The molecule has 1 unspecified atom stereocenters. The minimum absolute atomic E-state index is 0.242. The Morgan fingerprint density at radius 2 is 1.45 bits per heavy atom. The Bertz CT molecular complexity index is 689. The molecule has 0 spiro atoms. The first-order chi connectivity index (χ1) is 15.7. The molecule has 6 heteroatoms. The molecule has 0 aliphatic heterocycles. The van der Waals surface area contributed by atoms with Crippen molar-refractivity contribution in [1.82, 2.24) is 10.2 Å². The molecule has 0 aromatic heterocycles. The molecular weight excluding hydrogens is 416 g/mol. The van der Waals surface area contributed by atoms with Gasteiger partial charge in [0.1, 0.15) is 11.6 Å². The van der Waals surface area contributed by atoms with Gasteiger partial charge in [0.25, 0.3) is 0 Å². The molecule has 0 bridgehead atoms. The summed E-state index contributed by atoms with van der Waals surface area (Å²) in [7, 11) is 1.44. The molecule has 2 fully saturated rings. The zero-order chi connectivity index (χ0) is 24.3. The van der Waals surface area contributed by atoms with Crippen molar-refractivity contribution in [3.63, 3.8) is 0 Å². The first-order valence-electron chi connectivity index (χ1n) is 12.6. The summed E-state index contributed by atoms with van der Waals surface area (Å²) in [4.78, 5) is 24.4. The number of benzene rings is 1. The summed E-state index contributed by atoms with van der Waals surface area (Å²) in [6, 6.07) is 9.99. The average Bonchev–Trinajstić information content (AvgIpc) is 2.78. The van der Waals surface area contributed by atoms with Gasteiger partial charge in [-0.25, -0.2) is 9.59 Å². The van der Waals surface area contributed by atoms with E-state index in [0.717, 1.165) is 22.5 Å². The number of nitrogens with zero attached hydrogens (tertiary/aromatic N) is 1. The van der Waals surface area contributed by atoms with Gasteiger partial charge < -0.3 is 15.2 Å². The van der Waals surface area contributed by atoms with Gasteiger partial charge >= 0.3 is 12.1 Å². The van der Waals surface area contributed by atoms with Crippen LogP contribution in [-0.2, 0) is 16.0 Å². The highest BCUT2D eigenvalue weighted by Gasteiger charge is 2.30. The number of likely N-dealkylation sites (N-methyl/N-ethyl adjacent to an activating group) is 1. The fraction of sp³-hybridized carbons (Fsp3) is 0.704. The van der Waals surface area contributed by atoms with Crippen LogP contribution in [0.3, 0.4) is 0 Å². The van der Waals surface area contributed by atoms with Gasteiger partial charge in [-0.3, -0.25) is 4.90 Å². The number of carboxylic acids is 1. The molecule has 2 aliphatic carbocycles. The zero-order valence-electron chi connectivity index (χ0n) is 21.0. The Balaban J connectivity index is 0.000000254. The lowest BCUT2D eigenvalue weighted by Gasteiger charge is -2.30. The lowest BCUT2D eigenvalue weighted by molar-refractivity contribution is -0.142. The van der Waals surface area contributed by atoms with Gasteiger partial charge in [0.2, 0.25) is 0 Å². The molecule has 3 rings (SSSR count). The Hall–Kier alpha value is -2.08. The number of ether oxygens (including phenoxy) is 1. The standard InChI is InChI=1S/C15H21NO4.C12H23N/c1-15(2,3)20-14(19)16(4)12(13(17)18)10-11-8-6-5-7-9-11;1-3-7-11(8-4-1)13-12-9-5-2-6-10-12/h5-9,12H,10H2,1-4H3,(H,17,18);11-13H,1-10H2. The summed E-state index contributed by atoms with van der Waals surface area (Å²) in [6.45, 7) is 5.23. The molecule has 2 saturated carbocycles. The third kappa shape index (κ3) is 10.6. The second kappa shape index (κ2) is 13.6. The highest BCUT2D eigenvalue weighted by atomic mass is 16.6. The summed E-state index contributed by atoms with van der Waals surface area (Å²) >= 11 is 0. The van der Waals surface area contributed by atoms with E-state index in [1.807, 2.05) is 30.3 Å². The van der Waals surface area contributed by atoms with E-state index < -0.39 is 23.7 Å². The predicted octanol–water partition coefficient (Wildman–Crippen LogP) is 5.79. The third-order valence-electron chi connectivity index (χ3n) is 6.39. The third-order valence-corrected chi connectivity index (χ3v) is 6.39. The predicted molar refractivity (Wildman–Crippen MR) is 132 cm³/mol. The second-order valence-corrected chi connectivity index (χ2v) is 10.5. The first-order valence-corrected chi connectivity index (χ1v) is 12.6. The van der Waals surface area contributed by atoms with Crippen molar-refractivity contribution in [3.8, 4) is 0 Å². The average molecular weight is 461 g/mol. The topological polar surface area (TPSA) is 78.9 Å². The van der Waals surface area contributed by atoms with Crippen LogP contribution in [0.25, 0.3) is 0 Å². The minimum atomic E-state index is -1.05. The van der Waals surface area contributed by atoms with E-state index in [9.17, 15) is 14.7 Å². The van der Waals surface area contributed by atoms with E-state index in [2.05, 4.69) is 5.32 Å². The monoisotopic (exact) mass is 460 g/mol. The van der Waals surface area contributed by atoms with E-state index in [1.165, 1.54) is 71.3 Å². The number of rotatable bonds is 6. The lowest BCUT2D eigenvalue weighted by Crippen LogP contribution is -2.46. The normalized spacial score (nSPS) is 18.5. The van der Waals surface area contributed by atoms with Crippen LogP contribution >= 0.6 is 0 Å². The van der Waals surface area contributed by atoms with E-state index >= 15 is 0 Å². The molecule has 33 heavy (non-hydrogen) atoms. The highest BCUT2D eigenvalue weighted by molar-refractivity contribution is 5.80. The van der Waals surface area contributed by atoms with Gasteiger partial charge in [-0.1, -0.05) is 68.9 Å². The van der Waals surface area contributed by atoms with Crippen LogP contribution in [0.1, 0.15) is 90.5 Å². The van der Waals surface area contributed by atoms with Gasteiger partial charge in [0, 0.05) is 25.6 Å². The Morgan fingerprint density at radius 1 is 0.970 bits per heavy atom. The van der Waals surface area contributed by atoms with Crippen molar-refractivity contribution in [2.75, 3.05) is 7.05 Å². The van der Waals surface area contributed by atoms with E-state index in [-0.39, 0.29) is 6.42 Å². The van der Waals surface area contributed by atoms with Gasteiger partial charge in [-0.15, -0.1) is 0 Å². The van der Waals surface area contributed by atoms with Crippen molar-refractivity contribution < 1.29 is 19.4 Å². The second-order valence-electron chi connectivity index (χ2n) is 10.5. The highest BCUT2D eigenvalue weighted by Crippen LogP contribution is 2.22. The molecule has 186 valence electrons. The van der Waals surface area contributed by atoms with Crippen LogP contribution in [0.5, 0.6) is 0 Å². The van der Waals surface area contributed by atoms with Crippen LogP contribution in [0.4, 0.5) is 4.79 Å². The molecule has 1 aromatic rings. The SMILES string of the molecule is C1CCC(NC2CCCCC2)CC1.CN(C(=O)OC(C)(C)C)C(Cc1ccccc1)C(=O)O. The summed E-state index contributed by atoms with van der Waals surface area (Å²) in [5, 5.41) is 13.2. The number of carboxylic acid groups (broad SMARTS) is 1. The fourth-order valence-corrected chi connectivity index (χ4v) is 4.56. The molecule has 1 aromatic carbocycles. The summed E-state index contributed by atoms with van der Waals surface area (Å²) in [5.41, 5.74) is 0.205. The smallest absolute Gasteiger partial charge is 0.410 e. The molecule has 1 atom stereocenters. The molecule has 2 N–H and O–H groups in total. The van der Waals surface area contributed by atoms with Gasteiger partial charge in [0.15, 0.2) is 0 Å². The number of nitrogens with one attached hydrogen (secondary N) is 1. The van der Waals surface area contributed by atoms with Gasteiger partial charge in [-0.05, 0) is 52.0 Å². The molecule has 2 aliphatic rings. The molecular formula is C27H44N2O4. The summed E-state index contributed by atoms with van der Waals surface area (Å²) in [5.74, 6) is -1.05. The summed E-state index contributed by atoms with van der Waals surface area (Å²) in [6.07, 6.45) is 14.2. The van der Waals surface area contributed by atoms with Crippen molar-refractivity contribution in [3.05, 3.63) is 35.9 Å². The molecule has 1 amide bonds. The molecule has 6 nitrogen and oxygen atoms in total. The number of carbonyl (C=O) groups excluding carboxylic acids is 1. The maximum absolute atomic E-state index is 11.9. The van der Waals surface area contributed by atoms with Crippen LogP contribution in [-0.4, -0.2) is 52.8 Å². The Labute approximate surface area is 200 Å². The van der Waals surface area contributed by atoms with E-state index in [1.54, 1.807) is 20.8 Å². The minimum Gasteiger partial charge on any atom is -0.480 e. The van der Waals surface area contributed by atoms with Crippen LogP contribution in [0.15, 0.2) is 30.3 Å². The Morgan fingerprint density at radius 3 is 1.88 bits per heavy atom. The molecule has 0 heterocycles. The maximum Gasteiger partial charge on any atom is 0.410 e. The van der Waals surface area contributed by atoms with Crippen LogP contribution in [0.2, 0.25) is 0 Å². The van der Waals surface area contributed by atoms with E-state index in [0.29, 0.717) is 0 Å². The van der Waals surface area contributed by atoms with Crippen molar-refractivity contribution in [2.45, 2.75) is 115 Å². The summed E-state index contributed by atoms with van der Waals surface area (Å²) < 4.78 is 5.19.